The molecule has 0 aliphatic heterocycles. The van der Waals surface area contributed by atoms with Crippen LogP contribution in [0.2, 0.25) is 0 Å². The van der Waals surface area contributed by atoms with Crippen molar-refractivity contribution in [2.24, 2.45) is 57.7 Å². The molecule has 0 unspecified atom stereocenters. The van der Waals surface area contributed by atoms with Gasteiger partial charge in [-0.25, -0.2) is 0 Å². The molecule has 0 N–H and O–H groups in total. The lowest BCUT2D eigenvalue weighted by atomic mass is 9.43. The monoisotopic (exact) mass is 398 g/mol. The van der Waals surface area contributed by atoms with E-state index in [1.807, 2.05) is 0 Å². The molecule has 5 saturated carbocycles. The molecule has 0 radical (unpaired) electrons. The zero-order valence-corrected chi connectivity index (χ0v) is 20.4. The Morgan fingerprint density at radius 1 is 0.724 bits per heavy atom. The van der Waals surface area contributed by atoms with E-state index in [1.165, 1.54) is 19.3 Å². The fraction of sp³-hybridized carbons (Fsp3) is 1.00. The van der Waals surface area contributed by atoms with Crippen molar-refractivity contribution >= 4 is 0 Å². The van der Waals surface area contributed by atoms with Crippen molar-refractivity contribution in [3.05, 3.63) is 0 Å². The summed E-state index contributed by atoms with van der Waals surface area (Å²) in [5.74, 6) is 7.15. The molecule has 0 bridgehead atoms. The third-order valence-electron chi connectivity index (χ3n) is 12.1. The lowest BCUT2D eigenvalue weighted by Crippen LogP contribution is -2.53. The van der Waals surface area contributed by atoms with E-state index in [-0.39, 0.29) is 0 Å². The summed E-state index contributed by atoms with van der Waals surface area (Å²) in [6.07, 6.45) is 21.7. The minimum Gasteiger partial charge on any atom is -0.0628 e. The van der Waals surface area contributed by atoms with Crippen molar-refractivity contribution in [3.63, 3.8) is 0 Å². The lowest BCUT2D eigenvalue weighted by Gasteiger charge is -2.61. The summed E-state index contributed by atoms with van der Waals surface area (Å²) < 4.78 is 0. The van der Waals surface area contributed by atoms with E-state index in [1.54, 1.807) is 70.6 Å². The predicted octanol–water partition coefficient (Wildman–Crippen LogP) is 8.89. The fourth-order valence-electron chi connectivity index (χ4n) is 10.1. The first-order valence-electron chi connectivity index (χ1n) is 13.8. The van der Waals surface area contributed by atoms with Gasteiger partial charge in [-0.3, -0.25) is 0 Å². The van der Waals surface area contributed by atoms with Crippen LogP contribution in [0.3, 0.4) is 0 Å². The largest absolute Gasteiger partial charge is 0.0628 e. The summed E-state index contributed by atoms with van der Waals surface area (Å²) >= 11 is 0. The molecule has 5 fully saturated rings. The maximum atomic E-state index is 2.77. The minimum absolute atomic E-state index is 0.675. The van der Waals surface area contributed by atoms with Gasteiger partial charge in [-0.1, -0.05) is 53.9 Å². The van der Waals surface area contributed by atoms with Crippen LogP contribution in [0.15, 0.2) is 0 Å². The molecule has 0 nitrogen and oxygen atoms in total. The van der Waals surface area contributed by atoms with Crippen molar-refractivity contribution in [3.8, 4) is 0 Å². The molecule has 29 heavy (non-hydrogen) atoms. The molecule has 166 valence electrons. The first-order valence-corrected chi connectivity index (χ1v) is 13.8. The summed E-state index contributed by atoms with van der Waals surface area (Å²) in [6, 6.07) is 0. The van der Waals surface area contributed by atoms with E-state index >= 15 is 0 Å². The Kier molecular flexibility index (Phi) is 5.23. The third-order valence-corrected chi connectivity index (χ3v) is 12.1. The third kappa shape index (κ3) is 3.36. The molecule has 0 amide bonds. The highest BCUT2D eigenvalue weighted by atomic mass is 14.7. The van der Waals surface area contributed by atoms with Gasteiger partial charge in [0.1, 0.15) is 0 Å². The second-order valence-electron chi connectivity index (χ2n) is 13.9. The zero-order chi connectivity index (χ0) is 20.4. The van der Waals surface area contributed by atoms with Crippen molar-refractivity contribution in [2.75, 3.05) is 0 Å². The second kappa shape index (κ2) is 7.27. The van der Waals surface area contributed by atoms with Gasteiger partial charge >= 0.3 is 0 Å². The van der Waals surface area contributed by atoms with Gasteiger partial charge < -0.3 is 0 Å². The Labute approximate surface area is 182 Å². The average Bonchev–Trinajstić information content (AvgIpc) is 3.33. The van der Waals surface area contributed by atoms with Crippen molar-refractivity contribution in [2.45, 2.75) is 125 Å². The summed E-state index contributed by atoms with van der Waals surface area (Å²) in [5.41, 5.74) is 2.23. The lowest BCUT2D eigenvalue weighted by molar-refractivity contribution is -0.123. The maximum Gasteiger partial charge on any atom is -0.0264 e. The Bertz CT molecular complexity index is 599. The van der Waals surface area contributed by atoms with Gasteiger partial charge in [0, 0.05) is 0 Å². The summed E-state index contributed by atoms with van der Waals surface area (Å²) in [4.78, 5) is 0. The molecule has 0 aromatic rings. The smallest absolute Gasteiger partial charge is 0.0264 e. The summed E-state index contributed by atoms with van der Waals surface area (Å²) in [6.45, 7) is 12.9. The SMILES string of the molecule is CC(C)CCC[C@@H](C)[C@H]1CC[C@H]2[C@@H]3CC[C@H]4CC5(CC5)CC[C@]4(C)[C@H]3CC[C@]12C. The highest BCUT2D eigenvalue weighted by Gasteiger charge is 2.62. The van der Waals surface area contributed by atoms with Crippen LogP contribution in [-0.2, 0) is 0 Å². The van der Waals surface area contributed by atoms with Crippen LogP contribution in [0, 0.1) is 57.7 Å². The van der Waals surface area contributed by atoms with Crippen LogP contribution in [0.4, 0.5) is 0 Å². The molecule has 0 saturated heterocycles. The number of hydrogen-bond donors (Lipinski definition) is 0. The molecule has 8 atom stereocenters. The maximum absolute atomic E-state index is 2.77. The van der Waals surface area contributed by atoms with E-state index in [4.69, 9.17) is 0 Å². The molecule has 5 aliphatic rings. The van der Waals surface area contributed by atoms with E-state index < -0.39 is 0 Å². The fourth-order valence-corrected chi connectivity index (χ4v) is 10.1. The normalized spacial score (nSPS) is 48.8. The molecule has 5 rings (SSSR count). The Morgan fingerprint density at radius 2 is 1.45 bits per heavy atom. The molecule has 0 aromatic carbocycles. The van der Waals surface area contributed by atoms with Gasteiger partial charge in [-0.05, 0) is 128 Å². The van der Waals surface area contributed by atoms with Crippen LogP contribution in [0.5, 0.6) is 0 Å². The van der Waals surface area contributed by atoms with Gasteiger partial charge in [0.2, 0.25) is 0 Å². The highest BCUT2D eigenvalue weighted by Crippen LogP contribution is 2.71. The van der Waals surface area contributed by atoms with Crippen molar-refractivity contribution in [1.82, 2.24) is 0 Å². The van der Waals surface area contributed by atoms with Gasteiger partial charge in [-0.2, -0.15) is 0 Å². The number of hydrogen-bond acceptors (Lipinski definition) is 0. The quantitative estimate of drug-likeness (QED) is 0.433. The molecular weight excluding hydrogens is 348 g/mol. The van der Waals surface area contributed by atoms with Gasteiger partial charge in [0.15, 0.2) is 0 Å². The average molecular weight is 399 g/mol. The van der Waals surface area contributed by atoms with Crippen LogP contribution in [-0.4, -0.2) is 0 Å². The summed E-state index contributed by atoms with van der Waals surface area (Å²) in [7, 11) is 0. The second-order valence-corrected chi connectivity index (χ2v) is 13.9. The Hall–Kier alpha value is 0. The molecule has 5 aliphatic carbocycles. The highest BCUT2D eigenvalue weighted by molar-refractivity contribution is 5.12. The molecule has 1 spiro atoms. The number of rotatable bonds is 5. The zero-order valence-electron chi connectivity index (χ0n) is 20.4. The van der Waals surface area contributed by atoms with Crippen molar-refractivity contribution in [1.29, 1.82) is 0 Å². The standard InChI is InChI=1S/C29H50/c1-20(2)7-6-8-21(3)24-11-12-25-23-10-9-22-19-29(17-18-29)16-15-27(22,4)26(23)13-14-28(24,25)5/h20-26H,6-19H2,1-5H3/t21-,22+,23+,24-,25+,26+,27+,28-/m1/s1. The molecule has 0 heteroatoms. The van der Waals surface area contributed by atoms with Gasteiger partial charge in [0.25, 0.3) is 0 Å². The van der Waals surface area contributed by atoms with E-state index in [9.17, 15) is 0 Å². The topological polar surface area (TPSA) is 0 Å². The molecule has 0 aromatic heterocycles. The van der Waals surface area contributed by atoms with E-state index in [2.05, 4.69) is 34.6 Å². The Morgan fingerprint density at radius 3 is 2.17 bits per heavy atom. The number of fused-ring (bicyclic) bond motifs is 5. The van der Waals surface area contributed by atoms with Crippen LogP contribution >= 0.6 is 0 Å². The van der Waals surface area contributed by atoms with Crippen LogP contribution < -0.4 is 0 Å². The van der Waals surface area contributed by atoms with Crippen molar-refractivity contribution < 1.29 is 0 Å². The van der Waals surface area contributed by atoms with E-state index in [0.717, 1.165) is 46.8 Å². The first kappa shape index (κ1) is 20.9. The molecule has 0 heterocycles. The minimum atomic E-state index is 0.675. The van der Waals surface area contributed by atoms with E-state index in [0.29, 0.717) is 10.8 Å². The molecular formula is C29H50. The van der Waals surface area contributed by atoms with Crippen LogP contribution in [0.25, 0.3) is 0 Å². The van der Waals surface area contributed by atoms with Gasteiger partial charge in [-0.15, -0.1) is 0 Å². The van der Waals surface area contributed by atoms with Crippen LogP contribution in [0.1, 0.15) is 125 Å². The summed E-state index contributed by atoms with van der Waals surface area (Å²) in [5, 5.41) is 0. The van der Waals surface area contributed by atoms with Gasteiger partial charge in [0.05, 0.1) is 0 Å². The first-order chi connectivity index (χ1) is 13.8. The predicted molar refractivity (Wildman–Crippen MR) is 125 cm³/mol. The Balaban J connectivity index is 1.29.